The van der Waals surface area contributed by atoms with Crippen LogP contribution in [-0.2, 0) is 6.54 Å². The van der Waals surface area contributed by atoms with Crippen molar-refractivity contribution in [3.8, 4) is 0 Å². The van der Waals surface area contributed by atoms with Crippen molar-refractivity contribution in [3.05, 3.63) is 34.5 Å². The lowest BCUT2D eigenvalue weighted by Gasteiger charge is -2.19. The third-order valence-corrected chi connectivity index (χ3v) is 3.07. The molecule has 2 nitrogen and oxygen atoms in total. The molecule has 16 heavy (non-hydrogen) atoms. The fraction of sp³-hybridized carbons (Fsp3) is 0.385. The minimum atomic E-state index is 0.121. The SMILES string of the molecule is CC(C)(C)NCc1coc2c(Br)cccc12. The summed E-state index contributed by atoms with van der Waals surface area (Å²) in [6.07, 6.45) is 1.83. The van der Waals surface area contributed by atoms with E-state index in [4.69, 9.17) is 4.42 Å². The van der Waals surface area contributed by atoms with Crippen LogP contribution in [0, 0.1) is 0 Å². The Morgan fingerprint density at radius 1 is 1.31 bits per heavy atom. The fourth-order valence-corrected chi connectivity index (χ4v) is 2.03. The topological polar surface area (TPSA) is 25.2 Å². The molecule has 3 heteroatoms. The fourth-order valence-electron chi connectivity index (χ4n) is 1.57. The number of hydrogen-bond donors (Lipinski definition) is 1. The standard InChI is InChI=1S/C13H16BrNO/c1-13(2,3)15-7-9-8-16-12-10(9)5-4-6-11(12)14/h4-6,8,15H,7H2,1-3H3. The first-order valence-electron chi connectivity index (χ1n) is 5.37. The van der Waals surface area contributed by atoms with Crippen LogP contribution < -0.4 is 5.32 Å². The molecule has 0 bridgehead atoms. The van der Waals surface area contributed by atoms with E-state index >= 15 is 0 Å². The monoisotopic (exact) mass is 281 g/mol. The van der Waals surface area contributed by atoms with Gasteiger partial charge in [0, 0.05) is 23.0 Å². The summed E-state index contributed by atoms with van der Waals surface area (Å²) in [5.41, 5.74) is 2.25. The van der Waals surface area contributed by atoms with E-state index in [0.717, 1.165) is 16.6 Å². The van der Waals surface area contributed by atoms with Crippen LogP contribution in [0.2, 0.25) is 0 Å². The Balaban J connectivity index is 2.29. The summed E-state index contributed by atoms with van der Waals surface area (Å²) in [5, 5.41) is 4.63. The van der Waals surface area contributed by atoms with Crippen molar-refractivity contribution in [3.63, 3.8) is 0 Å². The second kappa shape index (κ2) is 4.22. The van der Waals surface area contributed by atoms with Crippen LogP contribution in [0.3, 0.4) is 0 Å². The molecule has 1 aromatic carbocycles. The van der Waals surface area contributed by atoms with E-state index in [-0.39, 0.29) is 5.54 Å². The van der Waals surface area contributed by atoms with Crippen molar-refractivity contribution in [2.24, 2.45) is 0 Å². The molecule has 0 radical (unpaired) electrons. The molecule has 0 saturated heterocycles. The molecule has 0 aliphatic carbocycles. The Hall–Kier alpha value is -0.800. The van der Waals surface area contributed by atoms with Gasteiger partial charge in [0.15, 0.2) is 0 Å². The third-order valence-electron chi connectivity index (χ3n) is 2.44. The van der Waals surface area contributed by atoms with Crippen LogP contribution in [0.5, 0.6) is 0 Å². The maximum absolute atomic E-state index is 5.56. The zero-order valence-corrected chi connectivity index (χ0v) is 11.4. The summed E-state index contributed by atoms with van der Waals surface area (Å²) in [6, 6.07) is 6.11. The summed E-state index contributed by atoms with van der Waals surface area (Å²) in [7, 11) is 0. The molecule has 2 rings (SSSR count). The van der Waals surface area contributed by atoms with Gasteiger partial charge in [-0.3, -0.25) is 0 Å². The summed E-state index contributed by atoms with van der Waals surface area (Å²) in [6.45, 7) is 7.30. The maximum Gasteiger partial charge on any atom is 0.148 e. The Labute approximate surface area is 104 Å². The number of fused-ring (bicyclic) bond motifs is 1. The number of halogens is 1. The van der Waals surface area contributed by atoms with Crippen LogP contribution in [-0.4, -0.2) is 5.54 Å². The van der Waals surface area contributed by atoms with Crippen molar-refractivity contribution in [2.75, 3.05) is 0 Å². The minimum Gasteiger partial charge on any atom is -0.463 e. The third kappa shape index (κ3) is 2.47. The van der Waals surface area contributed by atoms with Gasteiger partial charge in [0.05, 0.1) is 10.7 Å². The van der Waals surface area contributed by atoms with E-state index in [9.17, 15) is 0 Å². The quantitative estimate of drug-likeness (QED) is 0.897. The first kappa shape index (κ1) is 11.7. The Morgan fingerprint density at radius 3 is 2.75 bits per heavy atom. The Bertz CT molecular complexity index is 496. The van der Waals surface area contributed by atoms with Crippen molar-refractivity contribution in [1.82, 2.24) is 5.32 Å². The van der Waals surface area contributed by atoms with Gasteiger partial charge in [0.2, 0.25) is 0 Å². The molecule has 1 N–H and O–H groups in total. The van der Waals surface area contributed by atoms with Crippen molar-refractivity contribution >= 4 is 26.9 Å². The van der Waals surface area contributed by atoms with Gasteiger partial charge in [0.25, 0.3) is 0 Å². The smallest absolute Gasteiger partial charge is 0.148 e. The molecule has 1 heterocycles. The molecule has 0 amide bonds. The highest BCUT2D eigenvalue weighted by atomic mass is 79.9. The van der Waals surface area contributed by atoms with Crippen molar-refractivity contribution in [1.29, 1.82) is 0 Å². The molecule has 0 atom stereocenters. The average molecular weight is 282 g/mol. The molecule has 0 aliphatic rings. The van der Waals surface area contributed by atoms with Crippen LogP contribution >= 0.6 is 15.9 Å². The van der Waals surface area contributed by atoms with E-state index in [2.05, 4.69) is 48.1 Å². The predicted octanol–water partition coefficient (Wildman–Crippen LogP) is 4.08. The molecule has 0 aliphatic heterocycles. The molecule has 2 aromatic rings. The number of furan rings is 1. The molecular weight excluding hydrogens is 266 g/mol. The van der Waals surface area contributed by atoms with E-state index in [1.807, 2.05) is 18.4 Å². The molecule has 86 valence electrons. The largest absolute Gasteiger partial charge is 0.463 e. The lowest BCUT2D eigenvalue weighted by molar-refractivity contribution is 0.423. The number of nitrogens with one attached hydrogen (secondary N) is 1. The second-order valence-electron chi connectivity index (χ2n) is 4.98. The first-order chi connectivity index (χ1) is 7.47. The molecule has 1 aromatic heterocycles. The van der Waals surface area contributed by atoms with Gasteiger partial charge >= 0.3 is 0 Å². The highest BCUT2D eigenvalue weighted by molar-refractivity contribution is 9.10. The molecule has 0 unspecified atom stereocenters. The maximum atomic E-state index is 5.56. The Morgan fingerprint density at radius 2 is 2.06 bits per heavy atom. The van der Waals surface area contributed by atoms with Crippen molar-refractivity contribution in [2.45, 2.75) is 32.9 Å². The molecule has 0 spiro atoms. The normalized spacial score (nSPS) is 12.2. The van der Waals surface area contributed by atoms with Gasteiger partial charge in [-0.25, -0.2) is 0 Å². The lowest BCUT2D eigenvalue weighted by Crippen LogP contribution is -2.34. The lowest BCUT2D eigenvalue weighted by atomic mass is 10.1. The first-order valence-corrected chi connectivity index (χ1v) is 6.16. The highest BCUT2D eigenvalue weighted by Gasteiger charge is 2.12. The van der Waals surface area contributed by atoms with E-state index in [1.54, 1.807) is 0 Å². The summed E-state index contributed by atoms with van der Waals surface area (Å²) in [5.74, 6) is 0. The van der Waals surface area contributed by atoms with Gasteiger partial charge in [-0.2, -0.15) is 0 Å². The van der Waals surface area contributed by atoms with E-state index in [0.29, 0.717) is 0 Å². The minimum absolute atomic E-state index is 0.121. The van der Waals surface area contributed by atoms with Crippen LogP contribution in [0.15, 0.2) is 33.4 Å². The van der Waals surface area contributed by atoms with Gasteiger partial charge in [-0.1, -0.05) is 12.1 Å². The van der Waals surface area contributed by atoms with Crippen LogP contribution in [0.4, 0.5) is 0 Å². The van der Waals surface area contributed by atoms with Crippen molar-refractivity contribution < 1.29 is 4.42 Å². The molecular formula is C13H16BrNO. The van der Waals surface area contributed by atoms with Gasteiger partial charge < -0.3 is 9.73 Å². The Kier molecular flexibility index (Phi) is 3.08. The van der Waals surface area contributed by atoms with E-state index in [1.165, 1.54) is 10.9 Å². The summed E-state index contributed by atoms with van der Waals surface area (Å²) < 4.78 is 6.56. The predicted molar refractivity (Wildman–Crippen MR) is 70.5 cm³/mol. The van der Waals surface area contributed by atoms with Gasteiger partial charge in [0.1, 0.15) is 5.58 Å². The number of hydrogen-bond acceptors (Lipinski definition) is 2. The molecule has 0 saturated carbocycles. The summed E-state index contributed by atoms with van der Waals surface area (Å²) >= 11 is 3.49. The van der Waals surface area contributed by atoms with Gasteiger partial charge in [-0.05, 0) is 42.8 Å². The number of para-hydroxylation sites is 1. The summed E-state index contributed by atoms with van der Waals surface area (Å²) in [4.78, 5) is 0. The highest BCUT2D eigenvalue weighted by Crippen LogP contribution is 2.28. The van der Waals surface area contributed by atoms with Crippen LogP contribution in [0.1, 0.15) is 26.3 Å². The number of benzene rings is 1. The van der Waals surface area contributed by atoms with E-state index < -0.39 is 0 Å². The van der Waals surface area contributed by atoms with Gasteiger partial charge in [-0.15, -0.1) is 0 Å². The zero-order chi connectivity index (χ0) is 11.8. The zero-order valence-electron chi connectivity index (χ0n) is 9.80. The number of rotatable bonds is 2. The van der Waals surface area contributed by atoms with Crippen LogP contribution in [0.25, 0.3) is 11.0 Å². The average Bonchev–Trinajstić information content (AvgIpc) is 2.58. The molecule has 0 fully saturated rings. The second-order valence-corrected chi connectivity index (χ2v) is 5.84.